The van der Waals surface area contributed by atoms with Gasteiger partial charge >= 0.3 is 0 Å². The molecule has 2 aromatic rings. The molecule has 0 aliphatic heterocycles. The number of halogens is 1. The molecule has 0 bridgehead atoms. The van der Waals surface area contributed by atoms with E-state index < -0.39 is 0 Å². The summed E-state index contributed by atoms with van der Waals surface area (Å²) in [5.74, 6) is 0.704. The molecule has 5 nitrogen and oxygen atoms in total. The molecule has 6 heteroatoms. The summed E-state index contributed by atoms with van der Waals surface area (Å²) in [5.41, 5.74) is 0.881. The van der Waals surface area contributed by atoms with Crippen LogP contribution in [-0.4, -0.2) is 28.9 Å². The maximum atomic E-state index is 5.39. The summed E-state index contributed by atoms with van der Waals surface area (Å²) < 4.78 is 12.8. The molecular formula is C10H10BrN3O2. The van der Waals surface area contributed by atoms with Crippen LogP contribution in [0.2, 0.25) is 0 Å². The van der Waals surface area contributed by atoms with Crippen molar-refractivity contribution in [3.8, 4) is 11.4 Å². The summed E-state index contributed by atoms with van der Waals surface area (Å²) in [7, 11) is 1.58. The number of benzene rings is 1. The molecule has 0 spiro atoms. The topological polar surface area (TPSA) is 49.2 Å². The van der Waals surface area contributed by atoms with Crippen LogP contribution in [0.5, 0.6) is 5.75 Å². The molecule has 16 heavy (non-hydrogen) atoms. The Hall–Kier alpha value is -1.40. The number of rotatable bonds is 4. The number of ether oxygens (including phenoxy) is 2. The smallest absolute Gasteiger partial charge is 0.188 e. The van der Waals surface area contributed by atoms with Crippen molar-refractivity contribution < 1.29 is 9.47 Å². The number of hydrogen-bond donors (Lipinski definition) is 0. The highest BCUT2D eigenvalue weighted by atomic mass is 79.9. The first-order chi connectivity index (χ1) is 7.81. The summed E-state index contributed by atoms with van der Waals surface area (Å²) >= 11 is 3.40. The van der Waals surface area contributed by atoms with Crippen molar-refractivity contribution in [2.45, 2.75) is 0 Å². The fraction of sp³-hybridized carbons (Fsp3) is 0.200. The summed E-state index contributed by atoms with van der Waals surface area (Å²) in [6.45, 7) is 0.208. The second-order valence-electron chi connectivity index (χ2n) is 3.01. The lowest BCUT2D eigenvalue weighted by Gasteiger charge is -2.08. The SMILES string of the molecule is COCOc1cc(-n2ccnn2)ccc1Br. The Morgan fingerprint density at radius 2 is 2.31 bits per heavy atom. The Bertz CT molecular complexity index is 459. The number of aromatic nitrogens is 3. The summed E-state index contributed by atoms with van der Waals surface area (Å²) in [5, 5.41) is 7.65. The molecule has 0 fully saturated rings. The molecule has 1 heterocycles. The standard InChI is InChI=1S/C10H10BrN3O2/c1-15-7-16-10-6-8(2-3-9(10)11)14-5-4-12-13-14/h2-6H,7H2,1H3. The summed E-state index contributed by atoms with van der Waals surface area (Å²) in [4.78, 5) is 0. The molecule has 84 valence electrons. The highest BCUT2D eigenvalue weighted by molar-refractivity contribution is 9.10. The fourth-order valence-electron chi connectivity index (χ4n) is 1.21. The van der Waals surface area contributed by atoms with E-state index in [0.717, 1.165) is 10.2 Å². The maximum absolute atomic E-state index is 5.39. The van der Waals surface area contributed by atoms with Crippen molar-refractivity contribution in [3.63, 3.8) is 0 Å². The van der Waals surface area contributed by atoms with Gasteiger partial charge in [-0.1, -0.05) is 5.21 Å². The average Bonchev–Trinajstić information content (AvgIpc) is 2.81. The summed E-state index contributed by atoms with van der Waals surface area (Å²) in [6.07, 6.45) is 3.39. The van der Waals surface area contributed by atoms with Gasteiger partial charge in [-0.3, -0.25) is 0 Å². The van der Waals surface area contributed by atoms with Crippen molar-refractivity contribution in [3.05, 3.63) is 35.1 Å². The minimum Gasteiger partial charge on any atom is -0.466 e. The molecule has 0 amide bonds. The van der Waals surface area contributed by atoms with Crippen LogP contribution in [0, 0.1) is 0 Å². The van der Waals surface area contributed by atoms with Gasteiger partial charge in [0.05, 0.1) is 22.6 Å². The molecule has 0 unspecified atom stereocenters. The van der Waals surface area contributed by atoms with Gasteiger partial charge in [0.25, 0.3) is 0 Å². The first kappa shape index (κ1) is 11.1. The van der Waals surface area contributed by atoms with Gasteiger partial charge in [-0.05, 0) is 28.1 Å². The lowest BCUT2D eigenvalue weighted by Crippen LogP contribution is -2.01. The molecule has 0 saturated heterocycles. The fourth-order valence-corrected chi connectivity index (χ4v) is 1.57. The molecule has 0 aliphatic carbocycles. The van der Waals surface area contributed by atoms with Crippen molar-refractivity contribution in [1.29, 1.82) is 0 Å². The van der Waals surface area contributed by atoms with Gasteiger partial charge in [0.1, 0.15) is 5.75 Å². The van der Waals surface area contributed by atoms with E-state index in [0.29, 0.717) is 5.75 Å². The van der Waals surface area contributed by atoms with Gasteiger partial charge in [0.15, 0.2) is 6.79 Å². The van der Waals surface area contributed by atoms with Crippen LogP contribution in [0.3, 0.4) is 0 Å². The van der Waals surface area contributed by atoms with E-state index in [-0.39, 0.29) is 6.79 Å². The second-order valence-corrected chi connectivity index (χ2v) is 3.87. The second kappa shape index (κ2) is 5.09. The van der Waals surface area contributed by atoms with E-state index in [1.807, 2.05) is 18.2 Å². The first-order valence-electron chi connectivity index (χ1n) is 4.59. The average molecular weight is 284 g/mol. The Kier molecular flexibility index (Phi) is 3.53. The minimum atomic E-state index is 0.208. The highest BCUT2D eigenvalue weighted by Gasteiger charge is 2.04. The van der Waals surface area contributed by atoms with E-state index in [9.17, 15) is 0 Å². The monoisotopic (exact) mass is 283 g/mol. The van der Waals surface area contributed by atoms with Gasteiger partial charge in [-0.25, -0.2) is 4.68 Å². The van der Waals surface area contributed by atoms with Crippen molar-refractivity contribution in [1.82, 2.24) is 15.0 Å². The molecule has 0 radical (unpaired) electrons. The molecule has 1 aromatic heterocycles. The lowest BCUT2D eigenvalue weighted by atomic mass is 10.3. The van der Waals surface area contributed by atoms with Crippen LogP contribution < -0.4 is 4.74 Å². The van der Waals surface area contributed by atoms with Crippen molar-refractivity contribution in [2.24, 2.45) is 0 Å². The molecule has 0 saturated carbocycles. The largest absolute Gasteiger partial charge is 0.466 e. The van der Waals surface area contributed by atoms with Crippen molar-refractivity contribution >= 4 is 15.9 Å². The highest BCUT2D eigenvalue weighted by Crippen LogP contribution is 2.27. The van der Waals surface area contributed by atoms with E-state index in [1.165, 1.54) is 0 Å². The van der Waals surface area contributed by atoms with Crippen LogP contribution >= 0.6 is 15.9 Å². The van der Waals surface area contributed by atoms with E-state index in [4.69, 9.17) is 9.47 Å². The first-order valence-corrected chi connectivity index (χ1v) is 5.38. The third kappa shape index (κ3) is 2.40. The van der Waals surface area contributed by atoms with E-state index in [2.05, 4.69) is 26.2 Å². The van der Waals surface area contributed by atoms with Gasteiger partial charge in [-0.2, -0.15) is 0 Å². The predicted molar refractivity (Wildman–Crippen MR) is 61.6 cm³/mol. The van der Waals surface area contributed by atoms with Gasteiger partial charge in [-0.15, -0.1) is 5.10 Å². The van der Waals surface area contributed by atoms with Gasteiger partial charge in [0.2, 0.25) is 0 Å². The maximum Gasteiger partial charge on any atom is 0.188 e. The quantitative estimate of drug-likeness (QED) is 0.806. The normalized spacial score (nSPS) is 10.4. The van der Waals surface area contributed by atoms with Crippen LogP contribution in [0.4, 0.5) is 0 Å². The summed E-state index contributed by atoms with van der Waals surface area (Å²) in [6, 6.07) is 5.66. The zero-order chi connectivity index (χ0) is 11.4. The molecule has 0 N–H and O–H groups in total. The number of methoxy groups -OCH3 is 1. The zero-order valence-corrected chi connectivity index (χ0v) is 10.2. The van der Waals surface area contributed by atoms with Crippen LogP contribution in [0.15, 0.2) is 35.1 Å². The van der Waals surface area contributed by atoms with E-state index >= 15 is 0 Å². The Labute approximate surface area is 101 Å². The van der Waals surface area contributed by atoms with Crippen LogP contribution in [0.1, 0.15) is 0 Å². The number of nitrogens with zero attached hydrogens (tertiary/aromatic N) is 3. The van der Waals surface area contributed by atoms with Crippen LogP contribution in [0.25, 0.3) is 5.69 Å². The predicted octanol–water partition coefficient (Wildman–Crippen LogP) is 2.01. The molecule has 2 rings (SSSR count). The molecular weight excluding hydrogens is 274 g/mol. The van der Waals surface area contributed by atoms with Crippen molar-refractivity contribution in [2.75, 3.05) is 13.9 Å². The number of hydrogen-bond acceptors (Lipinski definition) is 4. The Morgan fingerprint density at radius 1 is 1.44 bits per heavy atom. The van der Waals surface area contributed by atoms with Gasteiger partial charge < -0.3 is 9.47 Å². The Balaban J connectivity index is 2.28. The zero-order valence-electron chi connectivity index (χ0n) is 8.63. The minimum absolute atomic E-state index is 0.208. The third-order valence-electron chi connectivity index (χ3n) is 1.93. The molecule has 0 aliphatic rings. The van der Waals surface area contributed by atoms with Gasteiger partial charge in [0, 0.05) is 13.2 Å². The van der Waals surface area contributed by atoms with Crippen LogP contribution in [-0.2, 0) is 4.74 Å². The lowest BCUT2D eigenvalue weighted by molar-refractivity contribution is 0.0506. The molecule has 1 aromatic carbocycles. The molecule has 0 atom stereocenters. The Morgan fingerprint density at radius 3 is 3.00 bits per heavy atom. The van der Waals surface area contributed by atoms with E-state index in [1.54, 1.807) is 24.2 Å². The third-order valence-corrected chi connectivity index (χ3v) is 2.59.